The summed E-state index contributed by atoms with van der Waals surface area (Å²) in [4.78, 5) is 16.7. The van der Waals surface area contributed by atoms with Gasteiger partial charge in [-0.1, -0.05) is 28.1 Å². The van der Waals surface area contributed by atoms with Crippen LogP contribution in [0, 0.1) is 16.7 Å². The van der Waals surface area contributed by atoms with Gasteiger partial charge in [-0.25, -0.2) is 9.67 Å². The molecule has 1 aromatic heterocycles. The van der Waals surface area contributed by atoms with Gasteiger partial charge < -0.3 is 0 Å². The summed E-state index contributed by atoms with van der Waals surface area (Å²) in [6, 6.07) is 8.09. The summed E-state index contributed by atoms with van der Waals surface area (Å²) in [5.41, 5.74) is 1.88. The lowest BCUT2D eigenvalue weighted by molar-refractivity contribution is -0.118. The Morgan fingerprint density at radius 3 is 2.70 bits per heavy atom. The lowest BCUT2D eigenvalue weighted by atomic mass is 10.2. The largest absolute Gasteiger partial charge is 0.293 e. The van der Waals surface area contributed by atoms with Crippen molar-refractivity contribution in [2.75, 3.05) is 5.32 Å². The predicted octanol–water partition coefficient (Wildman–Crippen LogP) is 3.22. The third kappa shape index (κ3) is 2.00. The van der Waals surface area contributed by atoms with E-state index in [1.807, 2.05) is 18.2 Å². The number of amides is 1. The lowest BCUT2D eigenvalue weighted by Gasteiger charge is -2.02. The molecular formula is C17H17BrN4O. The molecule has 5 nitrogen and oxygen atoms in total. The number of nitrogens with one attached hydrogen (secondary N) is 1. The second-order valence-electron chi connectivity index (χ2n) is 7.13. The third-order valence-electron chi connectivity index (χ3n) is 5.86. The second kappa shape index (κ2) is 4.44. The molecule has 0 saturated heterocycles. The molecule has 118 valence electrons. The van der Waals surface area contributed by atoms with Crippen molar-refractivity contribution >= 4 is 27.8 Å². The van der Waals surface area contributed by atoms with Crippen LogP contribution < -0.4 is 5.32 Å². The summed E-state index contributed by atoms with van der Waals surface area (Å²) in [6.07, 6.45) is 6.60. The van der Waals surface area contributed by atoms with Gasteiger partial charge in [0.1, 0.15) is 6.33 Å². The van der Waals surface area contributed by atoms with E-state index in [2.05, 4.69) is 37.4 Å². The van der Waals surface area contributed by atoms with Crippen LogP contribution in [-0.2, 0) is 11.3 Å². The van der Waals surface area contributed by atoms with E-state index in [9.17, 15) is 4.79 Å². The van der Waals surface area contributed by atoms with E-state index in [-0.39, 0.29) is 11.8 Å². The number of hydrogen-bond donors (Lipinski definition) is 1. The van der Waals surface area contributed by atoms with Crippen LogP contribution in [0.1, 0.15) is 31.2 Å². The molecule has 0 aliphatic heterocycles. The highest BCUT2D eigenvalue weighted by Gasteiger charge is 2.88. The number of anilines is 1. The normalized spacial score (nSPS) is 22.3. The van der Waals surface area contributed by atoms with Gasteiger partial charge in [-0.3, -0.25) is 10.1 Å². The van der Waals surface area contributed by atoms with Crippen LogP contribution in [0.3, 0.4) is 0 Å². The van der Waals surface area contributed by atoms with Crippen molar-refractivity contribution in [2.24, 2.45) is 16.7 Å². The van der Waals surface area contributed by atoms with Crippen LogP contribution in [-0.4, -0.2) is 20.7 Å². The molecular weight excluding hydrogens is 356 g/mol. The van der Waals surface area contributed by atoms with Crippen LogP contribution in [0.5, 0.6) is 0 Å². The first-order valence-electron chi connectivity index (χ1n) is 8.08. The Bertz CT molecular complexity index is 788. The minimum absolute atomic E-state index is 0.125. The maximum atomic E-state index is 12.5. The van der Waals surface area contributed by atoms with Crippen molar-refractivity contribution in [3.63, 3.8) is 0 Å². The molecule has 0 unspecified atom stereocenters. The SMILES string of the molecule is O=C(Nc1ncn(Cc2cccc(Br)c2)n1)C1C2(CC2)C12CC2. The highest BCUT2D eigenvalue weighted by atomic mass is 79.9. The van der Waals surface area contributed by atoms with E-state index < -0.39 is 0 Å². The summed E-state index contributed by atoms with van der Waals surface area (Å²) in [6.45, 7) is 0.639. The topological polar surface area (TPSA) is 59.8 Å². The van der Waals surface area contributed by atoms with Crippen molar-refractivity contribution in [3.05, 3.63) is 40.6 Å². The second-order valence-corrected chi connectivity index (χ2v) is 8.05. The first-order valence-corrected chi connectivity index (χ1v) is 8.87. The Kier molecular flexibility index (Phi) is 2.65. The fraction of sp³-hybridized carbons (Fsp3) is 0.471. The Balaban J connectivity index is 1.26. The number of carbonyl (C=O) groups is 1. The van der Waals surface area contributed by atoms with E-state index in [4.69, 9.17) is 0 Å². The Hall–Kier alpha value is -1.69. The predicted molar refractivity (Wildman–Crippen MR) is 88.7 cm³/mol. The maximum Gasteiger partial charge on any atom is 0.248 e. The maximum absolute atomic E-state index is 12.5. The van der Waals surface area contributed by atoms with Gasteiger partial charge in [0.25, 0.3) is 0 Å². The van der Waals surface area contributed by atoms with Crippen LogP contribution in [0.15, 0.2) is 35.1 Å². The van der Waals surface area contributed by atoms with Gasteiger partial charge in [0.2, 0.25) is 11.9 Å². The summed E-state index contributed by atoms with van der Waals surface area (Å²) in [5, 5.41) is 7.30. The van der Waals surface area contributed by atoms with Gasteiger partial charge in [-0.15, -0.1) is 5.10 Å². The average Bonchev–Trinajstić information content (AvgIpc) is 3.45. The standard InChI is InChI=1S/C17H17BrN4O/c18-12-3-1-2-11(8-12)9-22-10-19-15(21-22)20-14(23)13-16(4-5-16)17(13)6-7-17/h1-3,8,10,13H,4-7,9H2,(H,20,21,23). The van der Waals surface area contributed by atoms with Crippen molar-refractivity contribution in [1.82, 2.24) is 14.8 Å². The van der Waals surface area contributed by atoms with Gasteiger partial charge in [-0.05, 0) is 54.2 Å². The quantitative estimate of drug-likeness (QED) is 0.895. The number of nitrogens with zero attached hydrogens (tertiary/aromatic N) is 3. The minimum Gasteiger partial charge on any atom is -0.293 e. The smallest absolute Gasteiger partial charge is 0.248 e. The molecule has 3 aliphatic carbocycles. The van der Waals surface area contributed by atoms with Crippen LogP contribution in [0.2, 0.25) is 0 Å². The minimum atomic E-state index is 0.125. The summed E-state index contributed by atoms with van der Waals surface area (Å²) >= 11 is 3.47. The van der Waals surface area contributed by atoms with E-state index in [0.29, 0.717) is 23.3 Å². The highest BCUT2D eigenvalue weighted by Crippen LogP contribution is 2.92. The van der Waals surface area contributed by atoms with Gasteiger partial charge in [-0.2, -0.15) is 0 Å². The Morgan fingerprint density at radius 1 is 1.30 bits per heavy atom. The molecule has 0 bridgehead atoms. The molecule has 6 heteroatoms. The number of halogens is 1. The van der Waals surface area contributed by atoms with Crippen LogP contribution in [0.4, 0.5) is 5.95 Å². The van der Waals surface area contributed by atoms with Crippen molar-refractivity contribution in [1.29, 1.82) is 0 Å². The number of fused-ring (bicyclic) bond motifs is 1. The molecule has 0 radical (unpaired) electrons. The van der Waals surface area contributed by atoms with E-state index in [0.717, 1.165) is 10.0 Å². The lowest BCUT2D eigenvalue weighted by Crippen LogP contribution is -2.17. The Morgan fingerprint density at radius 2 is 2.04 bits per heavy atom. The van der Waals surface area contributed by atoms with Crippen molar-refractivity contribution in [2.45, 2.75) is 32.2 Å². The number of hydrogen-bond acceptors (Lipinski definition) is 3. The zero-order valence-corrected chi connectivity index (χ0v) is 14.2. The fourth-order valence-corrected chi connectivity index (χ4v) is 4.96. The zero-order valence-electron chi connectivity index (χ0n) is 12.6. The first-order chi connectivity index (χ1) is 11.1. The molecule has 1 N–H and O–H groups in total. The third-order valence-corrected chi connectivity index (χ3v) is 6.35. The van der Waals surface area contributed by atoms with Crippen LogP contribution >= 0.6 is 15.9 Å². The highest BCUT2D eigenvalue weighted by molar-refractivity contribution is 9.10. The van der Waals surface area contributed by atoms with Crippen LogP contribution in [0.25, 0.3) is 0 Å². The molecule has 0 atom stereocenters. The van der Waals surface area contributed by atoms with Gasteiger partial charge in [0.05, 0.1) is 12.5 Å². The van der Waals surface area contributed by atoms with Gasteiger partial charge >= 0.3 is 0 Å². The molecule has 1 aromatic carbocycles. The molecule has 1 heterocycles. The molecule has 3 saturated carbocycles. The van der Waals surface area contributed by atoms with E-state index >= 15 is 0 Å². The zero-order chi connectivity index (χ0) is 15.7. The first kappa shape index (κ1) is 13.7. The fourth-order valence-electron chi connectivity index (χ4n) is 4.52. The number of aromatic nitrogens is 3. The molecule has 2 aromatic rings. The van der Waals surface area contributed by atoms with Gasteiger partial charge in [0, 0.05) is 4.47 Å². The molecule has 23 heavy (non-hydrogen) atoms. The summed E-state index contributed by atoms with van der Waals surface area (Å²) < 4.78 is 2.80. The monoisotopic (exact) mass is 372 g/mol. The average molecular weight is 373 g/mol. The Labute approximate surface area is 142 Å². The molecule has 5 rings (SSSR count). The van der Waals surface area contributed by atoms with Crippen molar-refractivity contribution < 1.29 is 4.79 Å². The molecule has 2 spiro atoms. The number of rotatable bonds is 4. The summed E-state index contributed by atoms with van der Waals surface area (Å²) in [7, 11) is 0. The van der Waals surface area contributed by atoms with Crippen molar-refractivity contribution in [3.8, 4) is 0 Å². The number of benzene rings is 1. The molecule has 3 aliphatic rings. The summed E-state index contributed by atoms with van der Waals surface area (Å²) in [5.74, 6) is 0.760. The van der Waals surface area contributed by atoms with E-state index in [1.54, 1.807) is 11.0 Å². The van der Waals surface area contributed by atoms with Gasteiger partial charge in [0.15, 0.2) is 0 Å². The molecule has 1 amide bonds. The van der Waals surface area contributed by atoms with E-state index in [1.165, 1.54) is 25.7 Å². The molecule has 3 fully saturated rings. The number of carbonyl (C=O) groups excluding carboxylic acids is 1.